The van der Waals surface area contributed by atoms with Gasteiger partial charge in [-0.1, -0.05) is 132 Å². The summed E-state index contributed by atoms with van der Waals surface area (Å²) in [6.07, 6.45) is 2.75. The molecule has 0 bridgehead atoms. The number of pyridine rings is 3. The summed E-state index contributed by atoms with van der Waals surface area (Å²) in [5.41, 5.74) is 3.06. The second kappa shape index (κ2) is 39.3. The Morgan fingerprint density at radius 1 is 0.587 bits per heavy atom. The van der Waals surface area contributed by atoms with Crippen LogP contribution in [0.2, 0.25) is 30.1 Å². The molecule has 109 heavy (non-hydrogen) atoms. The van der Waals surface area contributed by atoms with Gasteiger partial charge in [-0.3, -0.25) is 66.6 Å². The van der Waals surface area contributed by atoms with Gasteiger partial charge in [0.05, 0.1) is 86.5 Å². The quantitative estimate of drug-likeness (QED) is 0.0343. The Kier molecular flexibility index (Phi) is 32.8. The maximum atomic E-state index is 12.9. The van der Waals surface area contributed by atoms with Crippen LogP contribution >= 0.6 is 77.4 Å². The molecule has 0 fully saturated rings. The van der Waals surface area contributed by atoms with Crippen LogP contribution in [0.3, 0.4) is 0 Å². The van der Waals surface area contributed by atoms with Crippen LogP contribution in [0.25, 0.3) is 10.5 Å². The molecule has 9 rings (SSSR count). The summed E-state index contributed by atoms with van der Waals surface area (Å²) in [6, 6.07) is 14.7. The molecule has 2 aliphatic rings. The van der Waals surface area contributed by atoms with Crippen molar-refractivity contribution >= 4 is 141 Å². The number of esters is 2. The largest absolute Gasteiger partial charge is 1.00 e. The van der Waals surface area contributed by atoms with Crippen molar-refractivity contribution in [2.24, 2.45) is 21.9 Å². The van der Waals surface area contributed by atoms with Gasteiger partial charge in [0.2, 0.25) is 23.0 Å². The molecule has 2 aliphatic heterocycles. The van der Waals surface area contributed by atoms with Gasteiger partial charge in [-0.05, 0) is 83.4 Å². The van der Waals surface area contributed by atoms with E-state index in [9.17, 15) is 67.1 Å². The maximum Gasteiger partial charge on any atom is 1.00 e. The normalized spacial score (nSPS) is 12.9. The summed E-state index contributed by atoms with van der Waals surface area (Å²) < 4.78 is 46.6. The molecule has 3 aromatic carbocycles. The number of carbonyl (C=O) groups excluding carboxylic acids is 6. The molecule has 0 saturated carbocycles. The van der Waals surface area contributed by atoms with Crippen LogP contribution in [-0.4, -0.2) is 81.3 Å². The predicted molar refractivity (Wildman–Crippen MR) is 384 cm³/mol. The number of nitriles is 2. The summed E-state index contributed by atoms with van der Waals surface area (Å²) >= 11 is 38.1. The number of nitrogens with zero attached hydrogens (tertiary/aromatic N) is 12. The third kappa shape index (κ3) is 23.2. The summed E-state index contributed by atoms with van der Waals surface area (Å²) in [5.74, 6) is -4.92. The second-order valence-electron chi connectivity index (χ2n) is 23.9. The van der Waals surface area contributed by atoms with E-state index in [4.69, 9.17) is 116 Å². The minimum absolute atomic E-state index is 0. The van der Waals surface area contributed by atoms with E-state index in [1.165, 1.54) is 83.0 Å². The zero-order valence-corrected chi connectivity index (χ0v) is 68.6. The number of hydrazone groups is 2. The van der Waals surface area contributed by atoms with Crippen LogP contribution in [0, 0.1) is 35.2 Å². The van der Waals surface area contributed by atoms with Crippen LogP contribution in [0.4, 0.5) is 17.2 Å². The second-order valence-corrected chi connectivity index (χ2v) is 27.5. The summed E-state index contributed by atoms with van der Waals surface area (Å²) in [4.78, 5) is 160. The number of benzene rings is 3. The summed E-state index contributed by atoms with van der Waals surface area (Å²) in [7, 11) is -5.35. The molecule has 0 aliphatic carbocycles. The fourth-order valence-corrected chi connectivity index (χ4v) is 11.2. The fourth-order valence-electron chi connectivity index (χ4n) is 9.26. The standard InChI is InChI=1S/C25H25Cl2N5O6.C22H18Cl2N4O6.C19H16Cl2N5O8P.2Na/c1-12(2)16-7-15(10-31(24(16)35)11-37-25(36)22(29)13(3)4)38-23-17(26)5-14(6-18(23)27)32-21(34)8-20(33)19(9-28)30-32;1-11(2)15-6-14(9-27(22(15)32)10-33-12(3)29)34-21-16(23)4-13(5-17(21)24)28-20(31)7-19(30)18(8-25)26-28;1-9(2)12-6-11(7-25(18(12)28)8-33-35(30,31)32)34-15-13(20)4-10(5-14(15)21)26-19(29)23-17(27)16(22-3)24-26;;/h5-7,10,12-13,22H,8,11,29H2,1-4H3;4-6,9,11H,7,10H2,1-3H3;4-7,9H,8H2,1-2H3,(H,23,27,29)(H2,30,31,32);;/q;;;2*+1/p-2. The van der Waals surface area contributed by atoms with Gasteiger partial charge in [-0.2, -0.15) is 30.7 Å². The van der Waals surface area contributed by atoms with Gasteiger partial charge in [-0.15, -0.1) is 4.68 Å². The van der Waals surface area contributed by atoms with E-state index >= 15 is 0 Å². The monoisotopic (exact) mass is 1650 g/mol. The molecule has 1 unspecified atom stereocenters. The molecule has 0 saturated heterocycles. The molecule has 560 valence electrons. The average molecular weight is 1660 g/mol. The van der Waals surface area contributed by atoms with E-state index in [2.05, 4.69) is 24.7 Å². The summed E-state index contributed by atoms with van der Waals surface area (Å²) in [5, 5.41) is 30.9. The van der Waals surface area contributed by atoms with Crippen molar-refractivity contribution in [1.82, 2.24) is 28.5 Å². The third-order valence-corrected chi connectivity index (χ3v) is 16.8. The number of ether oxygens (including phenoxy) is 5. The van der Waals surface area contributed by atoms with Crippen molar-refractivity contribution in [3.8, 4) is 52.3 Å². The van der Waals surface area contributed by atoms with Crippen LogP contribution in [-0.2, 0) is 67.5 Å². The minimum Gasteiger partial charge on any atom is -0.790 e. The van der Waals surface area contributed by atoms with E-state index in [1.54, 1.807) is 39.8 Å². The molecule has 0 spiro atoms. The predicted octanol–water partition coefficient (Wildman–Crippen LogP) is 3.18. The Labute approximate surface area is 691 Å². The first-order valence-electron chi connectivity index (χ1n) is 30.9. The maximum absolute atomic E-state index is 12.9. The topological polar surface area (TPSA) is 464 Å². The van der Waals surface area contributed by atoms with Gasteiger partial charge in [0.1, 0.15) is 42.2 Å². The first-order valence-corrected chi connectivity index (χ1v) is 34.7. The number of carbonyl (C=O) groups is 6. The first-order chi connectivity index (χ1) is 50.1. The van der Waals surface area contributed by atoms with Crippen LogP contribution in [0.5, 0.6) is 34.5 Å². The van der Waals surface area contributed by atoms with E-state index < -0.39 is 103 Å². The smallest absolute Gasteiger partial charge is 0.790 e. The number of amides is 2. The number of anilines is 2. The number of hydrogen-bond donors (Lipinski definition) is 2. The SMILES string of the molecule is CC(=O)OCn1cc(Oc2c(Cl)cc(N3N=C(C#N)C(=O)CC3=O)cc2Cl)cc(C(C)C)c1=O.CC(C)c1cc(Oc2c(Cl)cc(N3N=C(C#N)C(=O)CC3=O)cc2Cl)cn(COC(=O)C(N)C(C)C)c1=O.[C-]#[N+]c1nn(-c2cc(Cl)c(Oc3cc(C(C)C)c(=O)n(COP(=O)([O-])[O-])c3)c(Cl)c2)c(=O)[nH]c1=O.[Na+].[Na+]. The molecule has 1 atom stereocenters. The van der Waals surface area contributed by atoms with Crippen molar-refractivity contribution in [1.29, 1.82) is 10.5 Å². The molecule has 2 amide bonds. The number of rotatable bonds is 21. The average Bonchev–Trinajstić information content (AvgIpc) is 0.787. The number of Topliss-reactive ketones (excluding diaryl/α,β-unsaturated/α-hetero) is 2. The number of phosphoric acid groups is 1. The number of aromatic amines is 1. The van der Waals surface area contributed by atoms with E-state index in [1.807, 2.05) is 32.7 Å². The van der Waals surface area contributed by atoms with Gasteiger partial charge in [0.25, 0.3) is 34.1 Å². The van der Waals surface area contributed by atoms with Gasteiger partial charge in [0, 0.05) is 23.6 Å². The van der Waals surface area contributed by atoms with E-state index in [-0.39, 0.29) is 195 Å². The Balaban J connectivity index is 0.000000291. The van der Waals surface area contributed by atoms with Crippen LogP contribution < -0.4 is 127 Å². The number of halogens is 6. The number of hydrogen-bond acceptors (Lipinski definition) is 26. The molecule has 3 N–H and O–H groups in total. The minimum atomic E-state index is -5.35. The number of H-pyrrole nitrogens is 1. The summed E-state index contributed by atoms with van der Waals surface area (Å²) in [6.45, 7) is 20.9. The Morgan fingerprint density at radius 3 is 1.24 bits per heavy atom. The van der Waals surface area contributed by atoms with Crippen LogP contribution in [0.15, 0.2) is 107 Å². The van der Waals surface area contributed by atoms with Crippen molar-refractivity contribution in [3.05, 3.63) is 183 Å². The molecular weight excluding hydrogens is 1600 g/mol. The van der Waals surface area contributed by atoms with Crippen molar-refractivity contribution in [2.45, 2.75) is 119 Å². The molecule has 34 nitrogen and oxygen atoms in total. The Hall–Kier alpha value is -8.64. The zero-order valence-electron chi connectivity index (χ0n) is 59.2. The number of aromatic nitrogens is 6. The molecule has 6 heterocycles. The van der Waals surface area contributed by atoms with Gasteiger partial charge in [0.15, 0.2) is 30.7 Å². The molecule has 4 aromatic heterocycles. The Morgan fingerprint density at radius 2 is 0.927 bits per heavy atom. The molecule has 0 radical (unpaired) electrons. The Bertz CT molecular complexity index is 5300. The van der Waals surface area contributed by atoms with Gasteiger partial charge < -0.3 is 53.1 Å². The van der Waals surface area contributed by atoms with Crippen molar-refractivity contribution < 1.29 is 130 Å². The zero-order chi connectivity index (χ0) is 79.5. The number of ketones is 2. The van der Waals surface area contributed by atoms with Gasteiger partial charge >= 0.3 is 82.6 Å². The van der Waals surface area contributed by atoms with E-state index in [0.29, 0.717) is 11.1 Å². The fraction of sp³-hybridized carbons (Fsp3) is 0.288. The van der Waals surface area contributed by atoms with Crippen molar-refractivity contribution in [2.75, 3.05) is 10.0 Å². The molecule has 43 heteroatoms. The molecule has 7 aromatic rings. The van der Waals surface area contributed by atoms with Crippen LogP contribution in [0.1, 0.15) is 110 Å². The first kappa shape index (κ1) is 91.0. The number of phosphoric ester groups is 1. The number of nitrogens with one attached hydrogen (secondary N) is 1. The van der Waals surface area contributed by atoms with E-state index in [0.717, 1.165) is 25.5 Å². The van der Waals surface area contributed by atoms with Crippen molar-refractivity contribution in [3.63, 3.8) is 0 Å². The van der Waals surface area contributed by atoms with Gasteiger partial charge in [-0.25, -0.2) is 4.79 Å². The number of nitrogens with two attached hydrogens (primary N) is 1. The third-order valence-electron chi connectivity index (χ3n) is 14.7. The molecular formula is C66H57Cl6N14Na2O20P.